The van der Waals surface area contributed by atoms with E-state index < -0.39 is 0 Å². The Kier molecular flexibility index (Phi) is 2.56. The molecule has 1 aromatic heterocycles. The van der Waals surface area contributed by atoms with Crippen molar-refractivity contribution in [2.24, 2.45) is 5.41 Å². The van der Waals surface area contributed by atoms with Gasteiger partial charge in [-0.25, -0.2) is 9.97 Å². The van der Waals surface area contributed by atoms with Gasteiger partial charge in [-0.1, -0.05) is 0 Å². The van der Waals surface area contributed by atoms with Crippen LogP contribution in [0.3, 0.4) is 0 Å². The van der Waals surface area contributed by atoms with Gasteiger partial charge in [0.1, 0.15) is 12.1 Å². The summed E-state index contributed by atoms with van der Waals surface area (Å²) in [6, 6.07) is 5.59. The van der Waals surface area contributed by atoms with Crippen molar-refractivity contribution in [3.05, 3.63) is 24.5 Å². The van der Waals surface area contributed by atoms with Crippen LogP contribution in [0.15, 0.2) is 24.5 Å². The zero-order valence-corrected chi connectivity index (χ0v) is 10.1. The standard InChI is InChI=1S/C13H16N4O/c14-9-1-2-11-10(5-9)12(17-8-16-11)15-6-13(7-18)3-4-13/h1-2,5,8,18H,3-4,6-7,14H2,(H,15,16,17). The number of hydrogen-bond acceptors (Lipinski definition) is 5. The molecule has 1 fully saturated rings. The van der Waals surface area contributed by atoms with Crippen LogP contribution in [0.1, 0.15) is 12.8 Å². The summed E-state index contributed by atoms with van der Waals surface area (Å²) >= 11 is 0. The molecule has 18 heavy (non-hydrogen) atoms. The van der Waals surface area contributed by atoms with Crippen LogP contribution in [0.5, 0.6) is 0 Å². The Morgan fingerprint density at radius 2 is 2.17 bits per heavy atom. The van der Waals surface area contributed by atoms with Gasteiger partial charge < -0.3 is 16.2 Å². The zero-order valence-electron chi connectivity index (χ0n) is 10.1. The van der Waals surface area contributed by atoms with Crippen LogP contribution < -0.4 is 11.1 Å². The molecule has 2 aromatic rings. The molecule has 0 amide bonds. The molecule has 0 radical (unpaired) electrons. The van der Waals surface area contributed by atoms with Crippen LogP contribution in [0.2, 0.25) is 0 Å². The minimum Gasteiger partial charge on any atom is -0.399 e. The fourth-order valence-electron chi connectivity index (χ4n) is 2.05. The number of aliphatic hydroxyl groups excluding tert-OH is 1. The number of fused-ring (bicyclic) bond motifs is 1. The number of rotatable bonds is 4. The SMILES string of the molecule is Nc1ccc2ncnc(NCC3(CO)CC3)c2c1. The molecule has 3 rings (SSSR count). The average molecular weight is 244 g/mol. The number of nitrogen functional groups attached to an aromatic ring is 1. The molecule has 0 saturated heterocycles. The third-order valence-corrected chi connectivity index (χ3v) is 3.58. The minimum atomic E-state index is 0.0532. The Labute approximate surface area is 105 Å². The van der Waals surface area contributed by atoms with Gasteiger partial charge in [-0.2, -0.15) is 0 Å². The molecule has 0 spiro atoms. The normalized spacial score (nSPS) is 16.7. The second kappa shape index (κ2) is 4.10. The van der Waals surface area contributed by atoms with Crippen molar-refractivity contribution in [2.75, 3.05) is 24.2 Å². The molecular weight excluding hydrogens is 228 g/mol. The van der Waals surface area contributed by atoms with Crippen LogP contribution in [0, 0.1) is 5.41 Å². The molecule has 1 saturated carbocycles. The molecule has 0 unspecified atom stereocenters. The fraction of sp³-hybridized carbons (Fsp3) is 0.385. The number of hydrogen-bond donors (Lipinski definition) is 3. The van der Waals surface area contributed by atoms with Gasteiger partial charge in [0.25, 0.3) is 0 Å². The first-order valence-corrected chi connectivity index (χ1v) is 6.07. The highest BCUT2D eigenvalue weighted by Crippen LogP contribution is 2.45. The van der Waals surface area contributed by atoms with Crippen LogP contribution in [0.4, 0.5) is 11.5 Å². The summed E-state index contributed by atoms with van der Waals surface area (Å²) in [6.07, 6.45) is 3.68. The third kappa shape index (κ3) is 1.97. The van der Waals surface area contributed by atoms with Gasteiger partial charge in [-0.3, -0.25) is 0 Å². The summed E-state index contributed by atoms with van der Waals surface area (Å²) in [5, 5.41) is 13.5. The highest BCUT2D eigenvalue weighted by molar-refractivity contribution is 5.91. The molecular formula is C13H16N4O. The molecule has 5 nitrogen and oxygen atoms in total. The number of aliphatic hydroxyl groups is 1. The number of aromatic nitrogens is 2. The van der Waals surface area contributed by atoms with Crippen LogP contribution in [-0.2, 0) is 0 Å². The van der Waals surface area contributed by atoms with Crippen molar-refractivity contribution in [1.29, 1.82) is 0 Å². The van der Waals surface area contributed by atoms with E-state index >= 15 is 0 Å². The highest BCUT2D eigenvalue weighted by atomic mass is 16.3. The Morgan fingerprint density at radius 3 is 2.89 bits per heavy atom. The van der Waals surface area contributed by atoms with E-state index in [1.165, 1.54) is 0 Å². The van der Waals surface area contributed by atoms with Crippen LogP contribution >= 0.6 is 0 Å². The van der Waals surface area contributed by atoms with Gasteiger partial charge >= 0.3 is 0 Å². The zero-order chi connectivity index (χ0) is 12.6. The molecule has 0 bridgehead atoms. The van der Waals surface area contributed by atoms with Gasteiger partial charge in [-0.15, -0.1) is 0 Å². The summed E-state index contributed by atoms with van der Waals surface area (Å²) in [4.78, 5) is 8.46. The first kappa shape index (κ1) is 11.2. The van der Waals surface area contributed by atoms with E-state index in [2.05, 4.69) is 15.3 Å². The Morgan fingerprint density at radius 1 is 1.33 bits per heavy atom. The van der Waals surface area contributed by atoms with Crippen molar-refractivity contribution in [3.8, 4) is 0 Å². The van der Waals surface area contributed by atoms with Gasteiger partial charge in [0, 0.05) is 23.0 Å². The number of nitrogens with zero attached hydrogens (tertiary/aromatic N) is 2. The second-order valence-electron chi connectivity index (χ2n) is 5.01. The summed E-state index contributed by atoms with van der Waals surface area (Å²) in [5.41, 5.74) is 7.41. The van der Waals surface area contributed by atoms with Gasteiger partial charge in [-0.05, 0) is 31.0 Å². The number of nitrogens with two attached hydrogens (primary N) is 1. The molecule has 94 valence electrons. The predicted octanol–water partition coefficient (Wildman–Crippen LogP) is 1.40. The lowest BCUT2D eigenvalue weighted by Gasteiger charge is -2.14. The highest BCUT2D eigenvalue weighted by Gasteiger charge is 2.41. The number of benzene rings is 1. The van der Waals surface area contributed by atoms with Crippen molar-refractivity contribution >= 4 is 22.4 Å². The van der Waals surface area contributed by atoms with E-state index in [4.69, 9.17) is 5.73 Å². The van der Waals surface area contributed by atoms with Crippen molar-refractivity contribution in [1.82, 2.24) is 9.97 Å². The summed E-state index contributed by atoms with van der Waals surface area (Å²) in [6.45, 7) is 0.968. The second-order valence-corrected chi connectivity index (χ2v) is 5.01. The van der Waals surface area contributed by atoms with E-state index in [-0.39, 0.29) is 12.0 Å². The maximum atomic E-state index is 9.30. The van der Waals surface area contributed by atoms with Gasteiger partial charge in [0.2, 0.25) is 0 Å². The molecule has 1 aromatic carbocycles. The Bertz CT molecular complexity index is 580. The molecule has 1 aliphatic carbocycles. The molecule has 4 N–H and O–H groups in total. The average Bonchev–Trinajstić information content (AvgIpc) is 3.17. The van der Waals surface area contributed by atoms with E-state index in [9.17, 15) is 5.11 Å². The van der Waals surface area contributed by atoms with Crippen LogP contribution in [-0.4, -0.2) is 28.2 Å². The Balaban J connectivity index is 1.89. The monoisotopic (exact) mass is 244 g/mol. The molecule has 0 atom stereocenters. The van der Waals surface area contributed by atoms with Crippen molar-refractivity contribution in [3.63, 3.8) is 0 Å². The summed E-state index contributed by atoms with van der Waals surface area (Å²) in [7, 11) is 0. The summed E-state index contributed by atoms with van der Waals surface area (Å²) < 4.78 is 0. The fourth-order valence-corrected chi connectivity index (χ4v) is 2.05. The Hall–Kier alpha value is -1.88. The first-order chi connectivity index (χ1) is 8.72. The maximum Gasteiger partial charge on any atom is 0.137 e. The topological polar surface area (TPSA) is 84.1 Å². The molecule has 5 heteroatoms. The third-order valence-electron chi connectivity index (χ3n) is 3.58. The maximum absolute atomic E-state index is 9.30. The lowest BCUT2D eigenvalue weighted by atomic mass is 10.1. The quantitative estimate of drug-likeness (QED) is 0.708. The minimum absolute atomic E-state index is 0.0532. The largest absolute Gasteiger partial charge is 0.399 e. The van der Waals surface area contributed by atoms with Crippen LogP contribution in [0.25, 0.3) is 10.9 Å². The van der Waals surface area contributed by atoms with E-state index in [0.29, 0.717) is 5.69 Å². The van der Waals surface area contributed by atoms with E-state index in [1.807, 2.05) is 18.2 Å². The smallest absolute Gasteiger partial charge is 0.137 e. The molecule has 0 aliphatic heterocycles. The number of nitrogens with one attached hydrogen (secondary N) is 1. The van der Waals surface area contributed by atoms with Gasteiger partial charge in [0.15, 0.2) is 0 Å². The lowest BCUT2D eigenvalue weighted by molar-refractivity contribution is 0.219. The van der Waals surface area contributed by atoms with Gasteiger partial charge in [0.05, 0.1) is 12.1 Å². The predicted molar refractivity (Wildman–Crippen MR) is 71.2 cm³/mol. The summed E-state index contributed by atoms with van der Waals surface area (Å²) in [5.74, 6) is 0.784. The first-order valence-electron chi connectivity index (χ1n) is 6.07. The van der Waals surface area contributed by atoms with Crippen molar-refractivity contribution < 1.29 is 5.11 Å². The lowest BCUT2D eigenvalue weighted by Crippen LogP contribution is -2.19. The van der Waals surface area contributed by atoms with E-state index in [0.717, 1.165) is 36.1 Å². The molecule has 1 aliphatic rings. The van der Waals surface area contributed by atoms with E-state index in [1.54, 1.807) is 6.33 Å². The number of anilines is 2. The van der Waals surface area contributed by atoms with Crippen molar-refractivity contribution in [2.45, 2.75) is 12.8 Å². The molecule has 1 heterocycles.